The van der Waals surface area contributed by atoms with Crippen molar-refractivity contribution in [3.63, 3.8) is 0 Å². The minimum Gasteiger partial charge on any atom is -0.361 e. The van der Waals surface area contributed by atoms with Gasteiger partial charge in [-0.3, -0.25) is 9.78 Å². The fourth-order valence-corrected chi connectivity index (χ4v) is 2.31. The predicted molar refractivity (Wildman–Crippen MR) is 85.5 cm³/mol. The largest absolute Gasteiger partial charge is 0.361 e. The standard InChI is InChI=1S/C16H17N5O/c22-16(21-15-10-18-7-8-19-15)11-17-6-5-12-9-20-14-4-2-1-3-13(12)14/h1-4,7-10,17,20H,5-6,11H2,(H,19,21,22). The molecule has 0 atom stereocenters. The molecule has 0 radical (unpaired) electrons. The number of aromatic amines is 1. The highest BCUT2D eigenvalue weighted by molar-refractivity contribution is 5.91. The number of aromatic nitrogens is 3. The molecule has 0 spiro atoms. The van der Waals surface area contributed by atoms with E-state index in [1.54, 1.807) is 12.4 Å². The second-order valence-electron chi connectivity index (χ2n) is 4.93. The minimum absolute atomic E-state index is 0.126. The smallest absolute Gasteiger partial charge is 0.239 e. The maximum Gasteiger partial charge on any atom is 0.239 e. The number of para-hydroxylation sites is 1. The zero-order chi connectivity index (χ0) is 15.2. The Morgan fingerprint density at radius 2 is 2.14 bits per heavy atom. The normalized spacial score (nSPS) is 10.7. The maximum atomic E-state index is 11.7. The first-order valence-corrected chi connectivity index (χ1v) is 7.14. The van der Waals surface area contributed by atoms with Crippen LogP contribution in [0.1, 0.15) is 5.56 Å². The molecule has 0 aliphatic heterocycles. The van der Waals surface area contributed by atoms with Crippen molar-refractivity contribution in [2.24, 2.45) is 0 Å². The van der Waals surface area contributed by atoms with E-state index in [1.807, 2.05) is 18.3 Å². The fraction of sp³-hybridized carbons (Fsp3) is 0.188. The van der Waals surface area contributed by atoms with Crippen molar-refractivity contribution in [3.05, 3.63) is 54.6 Å². The third-order valence-corrected chi connectivity index (χ3v) is 3.36. The minimum atomic E-state index is -0.126. The van der Waals surface area contributed by atoms with E-state index < -0.39 is 0 Å². The van der Waals surface area contributed by atoms with Crippen LogP contribution in [0.4, 0.5) is 5.82 Å². The molecule has 0 bridgehead atoms. The lowest BCUT2D eigenvalue weighted by Gasteiger charge is -2.05. The van der Waals surface area contributed by atoms with Gasteiger partial charge < -0.3 is 15.6 Å². The molecule has 6 nitrogen and oxygen atoms in total. The molecule has 1 aromatic carbocycles. The van der Waals surface area contributed by atoms with Crippen molar-refractivity contribution in [1.82, 2.24) is 20.3 Å². The van der Waals surface area contributed by atoms with E-state index in [0.29, 0.717) is 5.82 Å². The van der Waals surface area contributed by atoms with Gasteiger partial charge in [0.15, 0.2) is 5.82 Å². The van der Waals surface area contributed by atoms with Gasteiger partial charge in [-0.05, 0) is 24.6 Å². The van der Waals surface area contributed by atoms with Crippen LogP contribution in [0.2, 0.25) is 0 Å². The number of H-pyrrole nitrogens is 1. The number of hydrogen-bond acceptors (Lipinski definition) is 4. The van der Waals surface area contributed by atoms with Crippen LogP contribution in [-0.2, 0) is 11.2 Å². The van der Waals surface area contributed by atoms with Crippen molar-refractivity contribution in [3.8, 4) is 0 Å². The summed E-state index contributed by atoms with van der Waals surface area (Å²) in [5.74, 6) is 0.338. The van der Waals surface area contributed by atoms with E-state index >= 15 is 0 Å². The molecule has 2 heterocycles. The Bertz CT molecular complexity index is 753. The molecule has 22 heavy (non-hydrogen) atoms. The number of nitrogens with zero attached hydrogens (tertiary/aromatic N) is 2. The van der Waals surface area contributed by atoms with Crippen LogP contribution >= 0.6 is 0 Å². The summed E-state index contributed by atoms with van der Waals surface area (Å²) in [6.07, 6.45) is 7.51. The van der Waals surface area contributed by atoms with Crippen molar-refractivity contribution in [2.45, 2.75) is 6.42 Å². The average molecular weight is 295 g/mol. The van der Waals surface area contributed by atoms with Crippen LogP contribution in [0.15, 0.2) is 49.1 Å². The van der Waals surface area contributed by atoms with Crippen LogP contribution in [0.3, 0.4) is 0 Å². The Labute approximate surface area is 128 Å². The van der Waals surface area contributed by atoms with Gasteiger partial charge in [-0.15, -0.1) is 0 Å². The summed E-state index contributed by atoms with van der Waals surface area (Å²) < 4.78 is 0. The number of carbonyl (C=O) groups is 1. The third-order valence-electron chi connectivity index (χ3n) is 3.36. The van der Waals surface area contributed by atoms with Gasteiger partial charge in [0.05, 0.1) is 12.7 Å². The second kappa shape index (κ2) is 6.82. The summed E-state index contributed by atoms with van der Waals surface area (Å²) in [4.78, 5) is 22.9. The molecule has 1 amide bonds. The van der Waals surface area contributed by atoms with Crippen LogP contribution in [0.5, 0.6) is 0 Å². The van der Waals surface area contributed by atoms with E-state index in [4.69, 9.17) is 0 Å². The Balaban J connectivity index is 1.45. The van der Waals surface area contributed by atoms with Crippen LogP contribution in [-0.4, -0.2) is 33.9 Å². The van der Waals surface area contributed by atoms with E-state index in [1.165, 1.54) is 17.1 Å². The molecule has 0 saturated heterocycles. The van der Waals surface area contributed by atoms with E-state index in [2.05, 4.69) is 37.7 Å². The van der Waals surface area contributed by atoms with Gasteiger partial charge in [0.2, 0.25) is 5.91 Å². The molecule has 0 unspecified atom stereocenters. The highest BCUT2D eigenvalue weighted by Crippen LogP contribution is 2.17. The number of carbonyl (C=O) groups excluding carboxylic acids is 1. The molecule has 0 fully saturated rings. The summed E-state index contributed by atoms with van der Waals surface area (Å²) in [5.41, 5.74) is 2.38. The summed E-state index contributed by atoms with van der Waals surface area (Å²) in [7, 11) is 0. The summed E-state index contributed by atoms with van der Waals surface area (Å²) in [6.45, 7) is 0.981. The van der Waals surface area contributed by atoms with Gasteiger partial charge in [-0.2, -0.15) is 0 Å². The molecule has 3 N–H and O–H groups in total. The lowest BCUT2D eigenvalue weighted by Crippen LogP contribution is -2.29. The molecule has 0 saturated carbocycles. The van der Waals surface area contributed by atoms with Crippen LogP contribution in [0.25, 0.3) is 10.9 Å². The Morgan fingerprint density at radius 1 is 1.23 bits per heavy atom. The number of nitrogens with one attached hydrogen (secondary N) is 3. The molecule has 112 valence electrons. The highest BCUT2D eigenvalue weighted by atomic mass is 16.1. The highest BCUT2D eigenvalue weighted by Gasteiger charge is 2.04. The zero-order valence-electron chi connectivity index (χ0n) is 12.0. The predicted octanol–water partition coefficient (Wildman–Crippen LogP) is 1.73. The monoisotopic (exact) mass is 295 g/mol. The van der Waals surface area contributed by atoms with Gasteiger partial charge >= 0.3 is 0 Å². The molecule has 3 aromatic rings. The van der Waals surface area contributed by atoms with Gasteiger partial charge in [-0.25, -0.2) is 4.98 Å². The molecule has 0 aliphatic carbocycles. The molecule has 3 rings (SSSR count). The van der Waals surface area contributed by atoms with Crippen molar-refractivity contribution in [2.75, 3.05) is 18.4 Å². The fourth-order valence-electron chi connectivity index (χ4n) is 2.31. The Morgan fingerprint density at radius 3 is 3.00 bits per heavy atom. The number of fused-ring (bicyclic) bond motifs is 1. The van der Waals surface area contributed by atoms with E-state index in [-0.39, 0.29) is 12.5 Å². The summed E-state index contributed by atoms with van der Waals surface area (Å²) in [5, 5.41) is 7.05. The molecular weight excluding hydrogens is 278 g/mol. The van der Waals surface area contributed by atoms with E-state index in [0.717, 1.165) is 18.5 Å². The second-order valence-corrected chi connectivity index (χ2v) is 4.93. The average Bonchev–Trinajstić information content (AvgIpc) is 2.96. The van der Waals surface area contributed by atoms with Crippen molar-refractivity contribution < 1.29 is 4.79 Å². The maximum absolute atomic E-state index is 11.7. The summed E-state index contributed by atoms with van der Waals surface area (Å²) >= 11 is 0. The number of rotatable bonds is 6. The summed E-state index contributed by atoms with van der Waals surface area (Å²) in [6, 6.07) is 8.20. The lowest BCUT2D eigenvalue weighted by atomic mass is 10.1. The number of benzene rings is 1. The number of anilines is 1. The Kier molecular flexibility index (Phi) is 4.41. The van der Waals surface area contributed by atoms with Crippen molar-refractivity contribution in [1.29, 1.82) is 0 Å². The molecular formula is C16H17N5O. The molecule has 0 aliphatic rings. The third kappa shape index (κ3) is 3.48. The molecule has 6 heteroatoms. The molecule has 2 aromatic heterocycles. The van der Waals surface area contributed by atoms with Crippen LogP contribution in [0, 0.1) is 0 Å². The van der Waals surface area contributed by atoms with Gasteiger partial charge in [0.25, 0.3) is 0 Å². The van der Waals surface area contributed by atoms with Gasteiger partial charge in [0, 0.05) is 29.5 Å². The van der Waals surface area contributed by atoms with Gasteiger partial charge in [-0.1, -0.05) is 18.2 Å². The number of hydrogen-bond donors (Lipinski definition) is 3. The quantitative estimate of drug-likeness (QED) is 0.605. The number of amides is 1. The lowest BCUT2D eigenvalue weighted by molar-refractivity contribution is -0.115. The van der Waals surface area contributed by atoms with Crippen LogP contribution < -0.4 is 10.6 Å². The van der Waals surface area contributed by atoms with Crippen molar-refractivity contribution >= 4 is 22.6 Å². The first-order chi connectivity index (χ1) is 10.8. The SMILES string of the molecule is O=C(CNCCc1c[nH]c2ccccc12)Nc1cnccn1. The first-order valence-electron chi connectivity index (χ1n) is 7.14. The zero-order valence-corrected chi connectivity index (χ0v) is 12.0. The van der Waals surface area contributed by atoms with Gasteiger partial charge in [0.1, 0.15) is 0 Å². The Hall–Kier alpha value is -2.73. The topological polar surface area (TPSA) is 82.7 Å². The first kappa shape index (κ1) is 14.2. The van der Waals surface area contributed by atoms with E-state index in [9.17, 15) is 4.79 Å².